The van der Waals surface area contributed by atoms with Crippen LogP contribution in [0.4, 0.5) is 5.82 Å². The summed E-state index contributed by atoms with van der Waals surface area (Å²) in [6.45, 7) is 4.60. The Morgan fingerprint density at radius 2 is 2.43 bits per heavy atom. The molecule has 1 aliphatic carbocycles. The van der Waals surface area contributed by atoms with Crippen molar-refractivity contribution in [2.24, 2.45) is 5.92 Å². The Bertz CT molecular complexity index is 583. The number of anilines is 1. The fraction of sp³-hybridized carbons (Fsp3) is 0.625. The van der Waals surface area contributed by atoms with E-state index in [1.165, 1.54) is 0 Å². The predicted octanol–water partition coefficient (Wildman–Crippen LogP) is 2.29. The molecule has 112 valence electrons. The zero-order valence-corrected chi connectivity index (χ0v) is 12.4. The summed E-state index contributed by atoms with van der Waals surface area (Å²) < 4.78 is 5.80. The van der Waals surface area contributed by atoms with Crippen molar-refractivity contribution >= 4 is 11.7 Å². The zero-order valence-electron chi connectivity index (χ0n) is 12.4. The van der Waals surface area contributed by atoms with Gasteiger partial charge in [-0.3, -0.25) is 4.79 Å². The largest absolute Gasteiger partial charge is 0.487 e. The monoisotopic (exact) mass is 287 g/mol. The van der Waals surface area contributed by atoms with Crippen molar-refractivity contribution < 1.29 is 9.53 Å². The summed E-state index contributed by atoms with van der Waals surface area (Å²) in [5.74, 6) is 2.22. The second-order valence-electron chi connectivity index (χ2n) is 6.58. The van der Waals surface area contributed by atoms with Gasteiger partial charge >= 0.3 is 0 Å². The van der Waals surface area contributed by atoms with Crippen LogP contribution in [0.1, 0.15) is 43.0 Å². The third-order valence-electron chi connectivity index (χ3n) is 4.99. The molecule has 2 fully saturated rings. The van der Waals surface area contributed by atoms with Crippen LogP contribution >= 0.6 is 0 Å². The van der Waals surface area contributed by atoms with Gasteiger partial charge in [-0.1, -0.05) is 13.3 Å². The van der Waals surface area contributed by atoms with Gasteiger partial charge in [0.25, 0.3) is 5.91 Å². The lowest BCUT2D eigenvalue weighted by atomic mass is 10.1. The molecule has 5 heteroatoms. The Labute approximate surface area is 124 Å². The molecule has 0 bridgehead atoms. The topological polar surface area (TPSA) is 54.5 Å². The van der Waals surface area contributed by atoms with Crippen molar-refractivity contribution in [1.82, 2.24) is 9.88 Å². The Morgan fingerprint density at radius 3 is 3.14 bits per heavy atom. The first-order valence-corrected chi connectivity index (χ1v) is 7.89. The molecule has 1 aromatic heterocycles. The van der Waals surface area contributed by atoms with Crippen LogP contribution in [0.3, 0.4) is 0 Å². The van der Waals surface area contributed by atoms with Crippen LogP contribution in [-0.2, 0) is 0 Å². The van der Waals surface area contributed by atoms with Crippen LogP contribution in [0, 0.1) is 5.92 Å². The number of nitrogens with zero attached hydrogens (tertiary/aromatic N) is 2. The van der Waals surface area contributed by atoms with Crippen LogP contribution in [0.5, 0.6) is 5.75 Å². The van der Waals surface area contributed by atoms with Crippen molar-refractivity contribution in [2.75, 3.05) is 25.0 Å². The van der Waals surface area contributed by atoms with E-state index in [1.54, 1.807) is 6.20 Å². The molecule has 0 radical (unpaired) electrons. The summed E-state index contributed by atoms with van der Waals surface area (Å²) in [5.41, 5.74) is 0.758. The Balaban J connectivity index is 1.52. The van der Waals surface area contributed by atoms with Gasteiger partial charge in [0.05, 0.1) is 11.1 Å². The number of likely N-dealkylation sites (tertiary alicyclic amines) is 1. The summed E-state index contributed by atoms with van der Waals surface area (Å²) in [6.07, 6.45) is 6.21. The van der Waals surface area contributed by atoms with E-state index >= 15 is 0 Å². The fourth-order valence-electron chi connectivity index (χ4n) is 3.22. The van der Waals surface area contributed by atoms with Crippen molar-refractivity contribution in [3.05, 3.63) is 17.8 Å². The maximum absolute atomic E-state index is 12.5. The molecule has 1 atom stereocenters. The molecular weight excluding hydrogens is 266 g/mol. The fourth-order valence-corrected chi connectivity index (χ4v) is 3.22. The number of ether oxygens (including phenoxy) is 1. The van der Waals surface area contributed by atoms with Crippen LogP contribution in [0.15, 0.2) is 12.3 Å². The number of fused-ring (bicyclic) bond motifs is 1. The van der Waals surface area contributed by atoms with E-state index in [0.717, 1.165) is 44.6 Å². The highest BCUT2D eigenvalue weighted by molar-refractivity contribution is 5.95. The second-order valence-corrected chi connectivity index (χ2v) is 6.58. The highest BCUT2D eigenvalue weighted by atomic mass is 16.5. The highest BCUT2D eigenvalue weighted by Crippen LogP contribution is 2.44. The molecule has 0 unspecified atom stereocenters. The standard InChI is InChI=1S/C16H21N3O2/c1-2-11-3-6-19(9-11)15(20)12-7-13-14(17-8-12)18-16(4-5-16)10-21-13/h7-8,11H,2-6,9-10H2,1H3,(H,17,18)/t11-/m0/s1. The Hall–Kier alpha value is -1.78. The predicted molar refractivity (Wildman–Crippen MR) is 79.6 cm³/mol. The normalized spacial score (nSPS) is 25.2. The minimum absolute atomic E-state index is 0.0801. The smallest absolute Gasteiger partial charge is 0.255 e. The number of carbonyl (C=O) groups excluding carboxylic acids is 1. The average Bonchev–Trinajstić information content (AvgIpc) is 3.09. The summed E-state index contributed by atoms with van der Waals surface area (Å²) in [6, 6.07) is 1.84. The van der Waals surface area contributed by atoms with Gasteiger partial charge in [0.2, 0.25) is 0 Å². The van der Waals surface area contributed by atoms with Gasteiger partial charge in [0, 0.05) is 19.3 Å². The first-order chi connectivity index (χ1) is 10.2. The lowest BCUT2D eigenvalue weighted by Gasteiger charge is -2.27. The van der Waals surface area contributed by atoms with Gasteiger partial charge in [0.1, 0.15) is 6.61 Å². The number of hydrogen-bond acceptors (Lipinski definition) is 4. The summed E-state index contributed by atoms with van der Waals surface area (Å²) >= 11 is 0. The van der Waals surface area contributed by atoms with E-state index in [0.29, 0.717) is 23.8 Å². The Kier molecular flexibility index (Phi) is 2.84. The van der Waals surface area contributed by atoms with Crippen molar-refractivity contribution in [3.63, 3.8) is 0 Å². The van der Waals surface area contributed by atoms with Crippen molar-refractivity contribution in [2.45, 2.75) is 38.1 Å². The minimum Gasteiger partial charge on any atom is -0.487 e. The van der Waals surface area contributed by atoms with E-state index in [4.69, 9.17) is 4.74 Å². The number of aromatic nitrogens is 1. The molecule has 21 heavy (non-hydrogen) atoms. The highest BCUT2D eigenvalue weighted by Gasteiger charge is 2.46. The van der Waals surface area contributed by atoms with Crippen molar-refractivity contribution in [3.8, 4) is 5.75 Å². The lowest BCUT2D eigenvalue weighted by molar-refractivity contribution is 0.0786. The number of pyridine rings is 1. The third-order valence-corrected chi connectivity index (χ3v) is 4.99. The van der Waals surface area contributed by atoms with Crippen LogP contribution < -0.4 is 10.1 Å². The molecule has 0 aromatic carbocycles. The molecule has 1 saturated carbocycles. The molecule has 1 amide bonds. The molecule has 3 heterocycles. The van der Waals surface area contributed by atoms with Gasteiger partial charge in [-0.05, 0) is 31.2 Å². The van der Waals surface area contributed by atoms with Crippen LogP contribution in [0.2, 0.25) is 0 Å². The maximum Gasteiger partial charge on any atom is 0.255 e. The lowest BCUT2D eigenvalue weighted by Crippen LogP contribution is -2.34. The Morgan fingerprint density at radius 1 is 1.57 bits per heavy atom. The van der Waals surface area contributed by atoms with E-state index in [9.17, 15) is 4.79 Å². The number of hydrogen-bond donors (Lipinski definition) is 1. The third kappa shape index (κ3) is 2.24. The van der Waals surface area contributed by atoms with Crippen molar-refractivity contribution in [1.29, 1.82) is 0 Å². The minimum atomic E-state index is 0.0801. The number of rotatable bonds is 2. The van der Waals surface area contributed by atoms with Gasteiger partial charge in [-0.25, -0.2) is 4.98 Å². The molecule has 1 aromatic rings. The van der Waals surface area contributed by atoms with Crippen LogP contribution in [-0.4, -0.2) is 41.0 Å². The quantitative estimate of drug-likeness (QED) is 0.906. The van der Waals surface area contributed by atoms with E-state index in [-0.39, 0.29) is 11.4 Å². The average molecular weight is 287 g/mol. The van der Waals surface area contributed by atoms with E-state index in [2.05, 4.69) is 17.2 Å². The first kappa shape index (κ1) is 12.9. The van der Waals surface area contributed by atoms with Gasteiger partial charge in [-0.2, -0.15) is 0 Å². The summed E-state index contributed by atoms with van der Waals surface area (Å²) in [7, 11) is 0. The van der Waals surface area contributed by atoms with Gasteiger partial charge in [0.15, 0.2) is 11.6 Å². The maximum atomic E-state index is 12.5. The summed E-state index contributed by atoms with van der Waals surface area (Å²) in [4.78, 5) is 18.9. The van der Waals surface area contributed by atoms with E-state index < -0.39 is 0 Å². The first-order valence-electron chi connectivity index (χ1n) is 7.89. The molecule has 3 aliphatic rings. The number of amides is 1. The molecule has 1 spiro atoms. The molecular formula is C16H21N3O2. The summed E-state index contributed by atoms with van der Waals surface area (Å²) in [5, 5.41) is 3.44. The number of carbonyl (C=O) groups is 1. The molecule has 4 rings (SSSR count). The van der Waals surface area contributed by atoms with Gasteiger partial charge < -0.3 is 15.0 Å². The zero-order chi connectivity index (χ0) is 14.4. The van der Waals surface area contributed by atoms with E-state index in [1.807, 2.05) is 11.0 Å². The molecule has 2 aliphatic heterocycles. The SMILES string of the molecule is CC[C@H]1CCN(C(=O)c2cnc3c(c2)OCC2(CC2)N3)C1. The molecule has 5 nitrogen and oxygen atoms in total. The number of nitrogens with one attached hydrogen (secondary N) is 1. The van der Waals surface area contributed by atoms with Crippen LogP contribution in [0.25, 0.3) is 0 Å². The molecule has 1 saturated heterocycles. The molecule has 1 N–H and O–H groups in total. The van der Waals surface area contributed by atoms with Gasteiger partial charge in [-0.15, -0.1) is 0 Å². The second kappa shape index (κ2) is 4.61.